The monoisotopic (exact) mass is 341 g/mol. The van der Waals surface area contributed by atoms with Crippen molar-refractivity contribution in [1.82, 2.24) is 9.88 Å². The first-order valence-corrected chi connectivity index (χ1v) is 8.35. The van der Waals surface area contributed by atoms with E-state index in [1.165, 1.54) is 9.80 Å². The van der Waals surface area contributed by atoms with Gasteiger partial charge in [0.15, 0.2) is 0 Å². The average Bonchev–Trinajstić information content (AvgIpc) is 3.09. The molecule has 2 heterocycles. The summed E-state index contributed by atoms with van der Waals surface area (Å²) in [6.45, 7) is 9.81. The van der Waals surface area contributed by atoms with Gasteiger partial charge in [0.2, 0.25) is 5.89 Å². The maximum Gasteiger partial charge on any atom is 0.332 e. The molecule has 132 valence electrons. The number of oxazole rings is 1. The van der Waals surface area contributed by atoms with Gasteiger partial charge in [-0.2, -0.15) is 0 Å². The summed E-state index contributed by atoms with van der Waals surface area (Å²) in [5.74, 6) is 0.843. The summed E-state index contributed by atoms with van der Waals surface area (Å²) in [6, 6.07) is 6.65. The van der Waals surface area contributed by atoms with Gasteiger partial charge in [0.1, 0.15) is 18.3 Å². The summed E-state index contributed by atoms with van der Waals surface area (Å²) in [6.07, 6.45) is 1.65. The third-order valence-electron chi connectivity index (χ3n) is 4.35. The second-order valence-corrected chi connectivity index (χ2v) is 7.46. The highest BCUT2D eigenvalue weighted by atomic mass is 16.4. The summed E-state index contributed by atoms with van der Waals surface area (Å²) in [7, 11) is 0. The maximum absolute atomic E-state index is 12.8. The van der Waals surface area contributed by atoms with Crippen molar-refractivity contribution < 1.29 is 14.0 Å². The van der Waals surface area contributed by atoms with E-state index >= 15 is 0 Å². The predicted molar refractivity (Wildman–Crippen MR) is 94.3 cm³/mol. The highest BCUT2D eigenvalue weighted by Crippen LogP contribution is 2.28. The van der Waals surface area contributed by atoms with Crippen LogP contribution in [0.2, 0.25) is 0 Å². The summed E-state index contributed by atoms with van der Waals surface area (Å²) in [4.78, 5) is 32.3. The van der Waals surface area contributed by atoms with Crippen LogP contribution in [0.1, 0.15) is 44.9 Å². The Morgan fingerprint density at radius 1 is 1.16 bits per heavy atom. The van der Waals surface area contributed by atoms with Crippen LogP contribution in [0.4, 0.5) is 10.5 Å². The molecule has 0 spiro atoms. The third kappa shape index (κ3) is 3.16. The first-order chi connectivity index (χ1) is 11.7. The molecule has 1 aromatic carbocycles. The number of aryl methyl sites for hydroxylation is 1. The molecule has 1 fully saturated rings. The largest absolute Gasteiger partial charge is 0.443 e. The Bertz CT molecular complexity index is 802. The van der Waals surface area contributed by atoms with E-state index in [2.05, 4.69) is 4.98 Å². The average molecular weight is 341 g/mol. The second-order valence-electron chi connectivity index (χ2n) is 7.46. The molecule has 1 saturated heterocycles. The number of amides is 3. The number of hydrogen-bond acceptors (Lipinski definition) is 4. The molecule has 0 unspecified atom stereocenters. The molecule has 3 rings (SSSR count). The van der Waals surface area contributed by atoms with E-state index in [4.69, 9.17) is 4.42 Å². The Morgan fingerprint density at radius 3 is 2.36 bits per heavy atom. The highest BCUT2D eigenvalue weighted by molar-refractivity contribution is 6.13. The standard InChI is InChI=1S/C19H23N3O3/c1-12-6-8-14(9-7-12)22-13(2)17(23)21(18(22)24)11-16-20-10-15(25-16)19(3,4)5/h6-10,13H,11H2,1-5H3/t13-/m1/s1. The Morgan fingerprint density at radius 2 is 1.80 bits per heavy atom. The quantitative estimate of drug-likeness (QED) is 0.800. The van der Waals surface area contributed by atoms with Crippen LogP contribution >= 0.6 is 0 Å². The number of hydrogen-bond donors (Lipinski definition) is 0. The van der Waals surface area contributed by atoms with E-state index < -0.39 is 6.04 Å². The van der Waals surface area contributed by atoms with Gasteiger partial charge in [0, 0.05) is 11.1 Å². The fraction of sp³-hybridized carbons (Fsp3) is 0.421. The molecule has 1 aromatic heterocycles. The van der Waals surface area contributed by atoms with Gasteiger partial charge in [-0.25, -0.2) is 9.78 Å². The number of carbonyl (C=O) groups excluding carboxylic acids is 2. The van der Waals surface area contributed by atoms with Gasteiger partial charge in [-0.1, -0.05) is 38.5 Å². The normalized spacial score (nSPS) is 18.4. The minimum Gasteiger partial charge on any atom is -0.443 e. The molecular formula is C19H23N3O3. The van der Waals surface area contributed by atoms with E-state index in [9.17, 15) is 9.59 Å². The van der Waals surface area contributed by atoms with Gasteiger partial charge in [-0.3, -0.25) is 14.6 Å². The molecule has 0 bridgehead atoms. The third-order valence-corrected chi connectivity index (χ3v) is 4.35. The molecule has 2 aromatic rings. The summed E-state index contributed by atoms with van der Waals surface area (Å²) in [5.41, 5.74) is 1.63. The Kier molecular flexibility index (Phi) is 4.14. The van der Waals surface area contributed by atoms with Crippen LogP contribution in [-0.2, 0) is 16.8 Å². The zero-order valence-electron chi connectivity index (χ0n) is 15.2. The first-order valence-electron chi connectivity index (χ1n) is 8.35. The van der Waals surface area contributed by atoms with Crippen LogP contribution in [-0.4, -0.2) is 27.9 Å². The summed E-state index contributed by atoms with van der Waals surface area (Å²) in [5, 5.41) is 0. The molecule has 3 amide bonds. The molecule has 1 aliphatic rings. The van der Waals surface area contributed by atoms with Crippen molar-refractivity contribution in [2.75, 3.05) is 4.90 Å². The van der Waals surface area contributed by atoms with Crippen molar-refractivity contribution in [3.8, 4) is 0 Å². The molecule has 25 heavy (non-hydrogen) atoms. The lowest BCUT2D eigenvalue weighted by Gasteiger charge is -2.19. The summed E-state index contributed by atoms with van der Waals surface area (Å²) >= 11 is 0. The van der Waals surface area contributed by atoms with E-state index in [0.29, 0.717) is 11.6 Å². The SMILES string of the molecule is Cc1ccc(N2C(=O)N(Cc3ncc(C(C)(C)C)o3)C(=O)[C@H]2C)cc1. The van der Waals surface area contributed by atoms with Crippen molar-refractivity contribution in [2.24, 2.45) is 0 Å². The van der Waals surface area contributed by atoms with Crippen LogP contribution < -0.4 is 4.90 Å². The van der Waals surface area contributed by atoms with Crippen LogP contribution in [0.15, 0.2) is 34.9 Å². The molecule has 6 nitrogen and oxygen atoms in total. The van der Waals surface area contributed by atoms with Crippen molar-refractivity contribution in [3.63, 3.8) is 0 Å². The van der Waals surface area contributed by atoms with E-state index in [1.54, 1.807) is 13.1 Å². The first kappa shape index (κ1) is 17.2. The Hall–Kier alpha value is -2.63. The topological polar surface area (TPSA) is 66.7 Å². The number of aromatic nitrogens is 1. The van der Waals surface area contributed by atoms with Crippen LogP contribution in [0.5, 0.6) is 0 Å². The number of urea groups is 1. The van der Waals surface area contributed by atoms with Gasteiger partial charge in [0.25, 0.3) is 5.91 Å². The van der Waals surface area contributed by atoms with E-state index in [1.807, 2.05) is 52.0 Å². The van der Waals surface area contributed by atoms with Gasteiger partial charge >= 0.3 is 6.03 Å². The lowest BCUT2D eigenvalue weighted by Crippen LogP contribution is -2.33. The Balaban J connectivity index is 1.83. The van der Waals surface area contributed by atoms with E-state index in [-0.39, 0.29) is 23.9 Å². The number of rotatable bonds is 3. The summed E-state index contributed by atoms with van der Waals surface area (Å²) < 4.78 is 5.72. The smallest absolute Gasteiger partial charge is 0.332 e. The minimum atomic E-state index is -0.549. The van der Waals surface area contributed by atoms with Crippen LogP contribution in [0.25, 0.3) is 0 Å². The zero-order valence-corrected chi connectivity index (χ0v) is 15.2. The van der Waals surface area contributed by atoms with Gasteiger partial charge in [0.05, 0.1) is 6.20 Å². The van der Waals surface area contributed by atoms with Gasteiger partial charge in [-0.05, 0) is 26.0 Å². The number of anilines is 1. The fourth-order valence-electron chi connectivity index (χ4n) is 2.78. The number of imide groups is 1. The molecule has 0 aliphatic carbocycles. The van der Waals surface area contributed by atoms with E-state index in [0.717, 1.165) is 11.3 Å². The van der Waals surface area contributed by atoms with Crippen LogP contribution in [0.3, 0.4) is 0 Å². The molecular weight excluding hydrogens is 318 g/mol. The zero-order chi connectivity index (χ0) is 18.4. The molecule has 6 heteroatoms. The van der Waals surface area contributed by atoms with Crippen molar-refractivity contribution in [3.05, 3.63) is 47.7 Å². The number of nitrogens with zero attached hydrogens (tertiary/aromatic N) is 3. The van der Waals surface area contributed by atoms with Crippen molar-refractivity contribution in [2.45, 2.75) is 52.6 Å². The Labute approximate surface area is 147 Å². The molecule has 0 radical (unpaired) electrons. The minimum absolute atomic E-state index is 0.0421. The van der Waals surface area contributed by atoms with Crippen molar-refractivity contribution in [1.29, 1.82) is 0 Å². The number of benzene rings is 1. The number of carbonyl (C=O) groups is 2. The van der Waals surface area contributed by atoms with Gasteiger partial charge < -0.3 is 4.42 Å². The molecule has 1 aliphatic heterocycles. The lowest BCUT2D eigenvalue weighted by molar-refractivity contribution is -0.127. The molecule has 1 atom stereocenters. The molecule has 0 N–H and O–H groups in total. The fourth-order valence-corrected chi connectivity index (χ4v) is 2.78. The van der Waals surface area contributed by atoms with Crippen LogP contribution in [0, 0.1) is 6.92 Å². The maximum atomic E-state index is 12.8. The highest BCUT2D eigenvalue weighted by Gasteiger charge is 2.43. The molecule has 0 saturated carbocycles. The van der Waals surface area contributed by atoms with Crippen molar-refractivity contribution >= 4 is 17.6 Å². The predicted octanol–water partition coefficient (Wildman–Crippen LogP) is 3.64. The van der Waals surface area contributed by atoms with Gasteiger partial charge in [-0.15, -0.1) is 0 Å². The second kappa shape index (κ2) is 6.02. The lowest BCUT2D eigenvalue weighted by atomic mass is 9.94.